The van der Waals surface area contributed by atoms with E-state index in [1.807, 2.05) is 24.3 Å². The summed E-state index contributed by atoms with van der Waals surface area (Å²) in [5, 5.41) is 16.1. The molecule has 30 heavy (non-hydrogen) atoms. The third-order valence-electron chi connectivity index (χ3n) is 5.43. The fourth-order valence-electron chi connectivity index (χ4n) is 3.93. The van der Waals surface area contributed by atoms with Crippen LogP contribution in [0.1, 0.15) is 23.2 Å². The molecule has 0 spiro atoms. The number of carbonyl (C=O) groups excluding carboxylic acids is 2. The largest absolute Gasteiger partial charge is 0.353 e. The van der Waals surface area contributed by atoms with Crippen LogP contribution in [0.15, 0.2) is 42.5 Å². The summed E-state index contributed by atoms with van der Waals surface area (Å²) in [4.78, 5) is 29.0. The first-order chi connectivity index (χ1) is 14.6. The number of likely N-dealkylation sites (tertiary alicyclic amines) is 1. The normalized spacial score (nSPS) is 17.6. The molecule has 1 saturated heterocycles. The zero-order valence-corrected chi connectivity index (χ0v) is 17.2. The van der Waals surface area contributed by atoms with Gasteiger partial charge in [0.1, 0.15) is 6.04 Å². The van der Waals surface area contributed by atoms with Crippen molar-refractivity contribution in [2.75, 3.05) is 36.4 Å². The molecule has 2 aromatic carbocycles. The van der Waals surface area contributed by atoms with Crippen LogP contribution in [0, 0.1) is 11.3 Å². The number of amides is 2. The first kappa shape index (κ1) is 20.2. The number of benzene rings is 2. The first-order valence-electron chi connectivity index (χ1n) is 9.96. The number of nitrogens with zero attached hydrogens (tertiary/aromatic N) is 3. The maximum absolute atomic E-state index is 13.3. The molecule has 0 saturated carbocycles. The molecule has 2 aliphatic rings. The Morgan fingerprint density at radius 1 is 1.27 bits per heavy atom. The van der Waals surface area contributed by atoms with Gasteiger partial charge in [-0.2, -0.15) is 5.26 Å². The summed E-state index contributed by atoms with van der Waals surface area (Å²) in [6.07, 6.45) is 1.59. The second-order valence-electron chi connectivity index (χ2n) is 7.34. The predicted octanol–water partition coefficient (Wildman–Crippen LogP) is 3.15. The van der Waals surface area contributed by atoms with Gasteiger partial charge in [0.2, 0.25) is 5.91 Å². The fraction of sp³-hybridized carbons (Fsp3) is 0.318. The SMILES string of the molecule is N#CC1CCCN1C(=O)CNCCN1C(=O)c2cc(Cl)ccc2Nc2ccccc21. The van der Waals surface area contributed by atoms with Gasteiger partial charge in [-0.15, -0.1) is 0 Å². The minimum atomic E-state index is -0.328. The number of nitrogens with one attached hydrogen (secondary N) is 2. The zero-order valence-electron chi connectivity index (χ0n) is 16.4. The van der Waals surface area contributed by atoms with Gasteiger partial charge in [0.25, 0.3) is 5.91 Å². The summed E-state index contributed by atoms with van der Waals surface area (Å²) in [5.41, 5.74) is 2.81. The van der Waals surface area contributed by atoms with Crippen LogP contribution in [0.5, 0.6) is 0 Å². The van der Waals surface area contributed by atoms with Crippen molar-refractivity contribution >= 4 is 40.5 Å². The van der Waals surface area contributed by atoms with Gasteiger partial charge >= 0.3 is 0 Å². The standard InChI is InChI=1S/C22H22ClN5O2/c23-15-7-8-18-17(12-15)22(30)28(20-6-2-1-5-19(20)26-18)11-9-25-14-21(29)27-10-3-4-16(27)13-24/h1-2,5-8,12,16,25-26H,3-4,9-11,14H2. The van der Waals surface area contributed by atoms with E-state index in [1.54, 1.807) is 28.0 Å². The number of anilines is 3. The van der Waals surface area contributed by atoms with Crippen molar-refractivity contribution in [2.45, 2.75) is 18.9 Å². The van der Waals surface area contributed by atoms with Crippen LogP contribution >= 0.6 is 11.6 Å². The van der Waals surface area contributed by atoms with Crippen molar-refractivity contribution in [3.63, 3.8) is 0 Å². The molecule has 2 amide bonds. The lowest BCUT2D eigenvalue weighted by atomic mass is 10.1. The minimum Gasteiger partial charge on any atom is -0.353 e. The molecule has 8 heteroatoms. The van der Waals surface area contributed by atoms with Crippen molar-refractivity contribution in [1.29, 1.82) is 5.26 Å². The van der Waals surface area contributed by atoms with E-state index in [9.17, 15) is 9.59 Å². The van der Waals surface area contributed by atoms with E-state index in [0.717, 1.165) is 24.2 Å². The molecule has 0 bridgehead atoms. The molecule has 4 rings (SSSR count). The zero-order chi connectivity index (χ0) is 21.1. The van der Waals surface area contributed by atoms with E-state index in [-0.39, 0.29) is 24.4 Å². The molecule has 0 aromatic heterocycles. The van der Waals surface area contributed by atoms with E-state index in [2.05, 4.69) is 16.7 Å². The molecule has 2 aromatic rings. The average molecular weight is 424 g/mol. The Bertz CT molecular complexity index is 1020. The van der Waals surface area contributed by atoms with Gasteiger partial charge in [-0.3, -0.25) is 9.59 Å². The summed E-state index contributed by atoms with van der Waals surface area (Å²) in [6, 6.07) is 14.7. The first-order valence-corrected chi connectivity index (χ1v) is 10.3. The molecule has 2 aliphatic heterocycles. The van der Waals surface area contributed by atoms with Crippen molar-refractivity contribution < 1.29 is 9.59 Å². The summed E-state index contributed by atoms with van der Waals surface area (Å²) < 4.78 is 0. The van der Waals surface area contributed by atoms with Crippen LogP contribution in [0.4, 0.5) is 17.1 Å². The Labute approximate surface area is 180 Å². The molecule has 1 atom stereocenters. The van der Waals surface area contributed by atoms with Crippen LogP contribution in [0.3, 0.4) is 0 Å². The summed E-state index contributed by atoms with van der Waals surface area (Å²) in [6.45, 7) is 1.59. The molecular weight excluding hydrogens is 402 g/mol. The minimum absolute atomic E-state index is 0.0829. The average Bonchev–Trinajstić information content (AvgIpc) is 3.20. The predicted molar refractivity (Wildman–Crippen MR) is 116 cm³/mol. The molecule has 2 N–H and O–H groups in total. The lowest BCUT2D eigenvalue weighted by Gasteiger charge is -2.24. The quantitative estimate of drug-likeness (QED) is 0.721. The van der Waals surface area contributed by atoms with Crippen LogP contribution in [0.25, 0.3) is 0 Å². The molecular formula is C22H22ClN5O2. The molecule has 0 radical (unpaired) electrons. The lowest BCUT2D eigenvalue weighted by molar-refractivity contribution is -0.130. The molecule has 0 aliphatic carbocycles. The highest BCUT2D eigenvalue weighted by atomic mass is 35.5. The van der Waals surface area contributed by atoms with E-state index in [1.165, 1.54) is 0 Å². The number of hydrogen-bond donors (Lipinski definition) is 2. The third kappa shape index (κ3) is 3.97. The van der Waals surface area contributed by atoms with Gasteiger partial charge < -0.3 is 20.4 Å². The van der Waals surface area contributed by atoms with Crippen LogP contribution in [-0.2, 0) is 4.79 Å². The molecule has 7 nitrogen and oxygen atoms in total. The third-order valence-corrected chi connectivity index (χ3v) is 5.67. The second kappa shape index (κ2) is 8.74. The van der Waals surface area contributed by atoms with E-state index in [0.29, 0.717) is 35.9 Å². The topological polar surface area (TPSA) is 88.5 Å². The van der Waals surface area contributed by atoms with Crippen molar-refractivity contribution in [3.05, 3.63) is 53.1 Å². The van der Waals surface area contributed by atoms with Crippen LogP contribution in [-0.4, -0.2) is 48.9 Å². The van der Waals surface area contributed by atoms with Gasteiger partial charge in [-0.25, -0.2) is 0 Å². The second-order valence-corrected chi connectivity index (χ2v) is 7.78. The van der Waals surface area contributed by atoms with Gasteiger partial charge in [0.15, 0.2) is 0 Å². The monoisotopic (exact) mass is 423 g/mol. The molecule has 154 valence electrons. The van der Waals surface area contributed by atoms with Crippen LogP contribution in [0.2, 0.25) is 5.02 Å². The highest BCUT2D eigenvalue weighted by molar-refractivity contribution is 6.31. The Morgan fingerprint density at radius 2 is 2.10 bits per heavy atom. The summed E-state index contributed by atoms with van der Waals surface area (Å²) >= 11 is 6.13. The van der Waals surface area contributed by atoms with Gasteiger partial charge in [0.05, 0.1) is 35.2 Å². The van der Waals surface area contributed by atoms with Crippen molar-refractivity contribution in [3.8, 4) is 6.07 Å². The highest BCUT2D eigenvalue weighted by Gasteiger charge is 2.29. The van der Waals surface area contributed by atoms with E-state index < -0.39 is 0 Å². The number of carbonyl (C=O) groups is 2. The van der Waals surface area contributed by atoms with Gasteiger partial charge in [-0.1, -0.05) is 23.7 Å². The Morgan fingerprint density at radius 3 is 2.93 bits per heavy atom. The number of para-hydroxylation sites is 2. The van der Waals surface area contributed by atoms with Crippen LogP contribution < -0.4 is 15.5 Å². The number of rotatable bonds is 5. The number of hydrogen-bond acceptors (Lipinski definition) is 5. The lowest BCUT2D eigenvalue weighted by Crippen LogP contribution is -2.43. The molecule has 2 heterocycles. The van der Waals surface area contributed by atoms with Gasteiger partial charge in [0, 0.05) is 24.7 Å². The number of fused-ring (bicyclic) bond motifs is 2. The Balaban J connectivity index is 1.46. The van der Waals surface area contributed by atoms with E-state index >= 15 is 0 Å². The summed E-state index contributed by atoms with van der Waals surface area (Å²) in [7, 11) is 0. The Kier molecular flexibility index (Phi) is 5.88. The van der Waals surface area contributed by atoms with Crippen molar-refractivity contribution in [2.24, 2.45) is 0 Å². The Hall–Kier alpha value is -3.08. The summed E-state index contributed by atoms with van der Waals surface area (Å²) in [5.74, 6) is -0.234. The maximum atomic E-state index is 13.3. The van der Waals surface area contributed by atoms with Gasteiger partial charge in [-0.05, 0) is 43.2 Å². The molecule has 1 unspecified atom stereocenters. The fourth-order valence-corrected chi connectivity index (χ4v) is 4.10. The highest BCUT2D eigenvalue weighted by Crippen LogP contribution is 2.36. The molecule has 1 fully saturated rings. The van der Waals surface area contributed by atoms with Crippen molar-refractivity contribution in [1.82, 2.24) is 10.2 Å². The smallest absolute Gasteiger partial charge is 0.260 e. The maximum Gasteiger partial charge on any atom is 0.260 e. The number of halogens is 1. The van der Waals surface area contributed by atoms with E-state index in [4.69, 9.17) is 16.9 Å². The number of nitriles is 1.